The second-order valence-electron chi connectivity index (χ2n) is 5.35. The number of nitrogens with zero attached hydrogens (tertiary/aromatic N) is 1. The predicted molar refractivity (Wildman–Crippen MR) is 105 cm³/mol. The van der Waals surface area contributed by atoms with Crippen LogP contribution in [0.4, 0.5) is 5.69 Å². The Labute approximate surface area is 166 Å². The molecule has 1 heterocycles. The highest BCUT2D eigenvalue weighted by molar-refractivity contribution is 7.89. The Morgan fingerprint density at radius 1 is 1.19 bits per heavy atom. The maximum atomic E-state index is 12.5. The minimum atomic E-state index is -3.63. The summed E-state index contributed by atoms with van der Waals surface area (Å²) in [6, 6.07) is 8.99. The average molecular weight is 431 g/mol. The Hall–Kier alpha value is -1.94. The van der Waals surface area contributed by atoms with Crippen LogP contribution in [0.1, 0.15) is 23.5 Å². The van der Waals surface area contributed by atoms with Gasteiger partial charge in [-0.05, 0) is 30.3 Å². The third kappa shape index (κ3) is 5.52. The van der Waals surface area contributed by atoms with Gasteiger partial charge in [0.15, 0.2) is 6.61 Å². The topological polar surface area (TPSA) is 92.8 Å². The van der Waals surface area contributed by atoms with Crippen LogP contribution in [0.25, 0.3) is 0 Å². The number of benzene rings is 1. The molecule has 27 heavy (non-hydrogen) atoms. The van der Waals surface area contributed by atoms with E-state index < -0.39 is 28.5 Å². The van der Waals surface area contributed by atoms with Gasteiger partial charge >= 0.3 is 5.97 Å². The molecule has 2 rings (SSSR count). The summed E-state index contributed by atoms with van der Waals surface area (Å²) in [6.07, 6.45) is 0. The lowest BCUT2D eigenvalue weighted by molar-refractivity contribution is -0.119. The lowest BCUT2D eigenvalue weighted by Gasteiger charge is -2.18. The lowest BCUT2D eigenvalue weighted by atomic mass is 10.3. The molecule has 7 nitrogen and oxygen atoms in total. The largest absolute Gasteiger partial charge is 0.451 e. The van der Waals surface area contributed by atoms with Crippen LogP contribution in [-0.2, 0) is 19.6 Å². The number of halogens is 1. The normalized spacial score (nSPS) is 11.4. The second kappa shape index (κ2) is 9.32. The maximum Gasteiger partial charge on any atom is 0.348 e. The van der Waals surface area contributed by atoms with Crippen LogP contribution in [0.2, 0.25) is 4.34 Å². The summed E-state index contributed by atoms with van der Waals surface area (Å²) in [6.45, 7) is 3.70. The van der Waals surface area contributed by atoms with Crippen molar-refractivity contribution >= 4 is 50.5 Å². The van der Waals surface area contributed by atoms with Gasteiger partial charge in [-0.2, -0.15) is 4.31 Å². The summed E-state index contributed by atoms with van der Waals surface area (Å²) in [7, 11) is -3.63. The number of sulfonamides is 1. The van der Waals surface area contributed by atoms with E-state index in [1.807, 2.05) is 0 Å². The third-order valence-corrected chi connectivity index (χ3v) is 6.83. The number of carbonyl (C=O) groups excluding carboxylic acids is 2. The minimum Gasteiger partial charge on any atom is -0.451 e. The fourth-order valence-corrected chi connectivity index (χ4v) is 4.71. The Morgan fingerprint density at radius 3 is 2.48 bits per heavy atom. The summed E-state index contributed by atoms with van der Waals surface area (Å²) in [5.74, 6) is -1.23. The molecule has 1 aromatic heterocycles. The first kappa shape index (κ1) is 21.4. The van der Waals surface area contributed by atoms with Gasteiger partial charge in [0.05, 0.1) is 9.23 Å². The van der Waals surface area contributed by atoms with Crippen LogP contribution >= 0.6 is 22.9 Å². The van der Waals surface area contributed by atoms with Crippen molar-refractivity contribution in [3.8, 4) is 0 Å². The second-order valence-corrected chi connectivity index (χ2v) is 9.00. The van der Waals surface area contributed by atoms with E-state index in [-0.39, 0.29) is 4.90 Å². The molecule has 0 atom stereocenters. The summed E-state index contributed by atoms with van der Waals surface area (Å²) in [5, 5.41) is 2.52. The molecule has 0 saturated carbocycles. The molecule has 0 aliphatic rings. The zero-order valence-electron chi connectivity index (χ0n) is 14.8. The van der Waals surface area contributed by atoms with Crippen molar-refractivity contribution in [3.05, 3.63) is 45.6 Å². The summed E-state index contributed by atoms with van der Waals surface area (Å²) in [4.78, 5) is 24.2. The quantitative estimate of drug-likeness (QED) is 0.649. The van der Waals surface area contributed by atoms with Crippen LogP contribution < -0.4 is 5.32 Å². The highest BCUT2D eigenvalue weighted by atomic mass is 35.5. The highest BCUT2D eigenvalue weighted by Gasteiger charge is 2.22. The zero-order chi connectivity index (χ0) is 20.0. The molecular formula is C17H19ClN2O5S2. The number of hydrogen-bond acceptors (Lipinski definition) is 6. The fraction of sp³-hybridized carbons (Fsp3) is 0.294. The number of esters is 1. The zero-order valence-corrected chi connectivity index (χ0v) is 17.2. The Bertz CT molecular complexity index is 923. The first-order valence-electron chi connectivity index (χ1n) is 8.10. The van der Waals surface area contributed by atoms with Crippen molar-refractivity contribution in [2.45, 2.75) is 18.7 Å². The number of carbonyl (C=O) groups is 2. The fourth-order valence-electron chi connectivity index (χ4n) is 2.27. The number of nitrogens with one attached hydrogen (secondary N) is 1. The van der Waals surface area contributed by atoms with Crippen LogP contribution in [-0.4, -0.2) is 44.3 Å². The van der Waals surface area contributed by atoms with Crippen molar-refractivity contribution in [1.29, 1.82) is 0 Å². The number of thiophene rings is 1. The van der Waals surface area contributed by atoms with Gasteiger partial charge < -0.3 is 10.1 Å². The minimum absolute atomic E-state index is 0.0780. The van der Waals surface area contributed by atoms with Gasteiger partial charge in [-0.1, -0.05) is 31.5 Å². The predicted octanol–water partition coefficient (Wildman–Crippen LogP) is 3.23. The van der Waals surface area contributed by atoms with Crippen LogP contribution in [0.15, 0.2) is 41.3 Å². The lowest BCUT2D eigenvalue weighted by Crippen LogP contribution is -2.30. The van der Waals surface area contributed by atoms with Gasteiger partial charge in [0, 0.05) is 18.8 Å². The Kier molecular flexibility index (Phi) is 7.37. The smallest absolute Gasteiger partial charge is 0.348 e. The average Bonchev–Trinajstić information content (AvgIpc) is 3.07. The van der Waals surface area contributed by atoms with Gasteiger partial charge in [0.25, 0.3) is 5.91 Å². The van der Waals surface area contributed by atoms with Crippen LogP contribution in [0, 0.1) is 0 Å². The molecule has 1 aromatic carbocycles. The van der Waals surface area contributed by atoms with E-state index in [1.165, 1.54) is 28.6 Å². The van der Waals surface area contributed by atoms with Crippen LogP contribution in [0.3, 0.4) is 0 Å². The van der Waals surface area contributed by atoms with E-state index in [0.717, 1.165) is 11.3 Å². The molecule has 0 aliphatic carbocycles. The van der Waals surface area contributed by atoms with E-state index in [2.05, 4.69) is 5.32 Å². The van der Waals surface area contributed by atoms with E-state index in [9.17, 15) is 18.0 Å². The molecule has 0 unspecified atom stereocenters. The maximum absolute atomic E-state index is 12.5. The van der Waals surface area contributed by atoms with Gasteiger partial charge in [-0.15, -0.1) is 11.3 Å². The van der Waals surface area contributed by atoms with Crippen molar-refractivity contribution < 1.29 is 22.7 Å². The van der Waals surface area contributed by atoms with E-state index in [4.69, 9.17) is 16.3 Å². The standard InChI is InChI=1S/C17H19ClN2O5S2/c1-3-20(4-2)27(23,24)13-7-5-6-12(10-13)19-16(21)11-25-17(22)14-8-9-15(18)26-14/h5-10H,3-4,11H2,1-2H3,(H,19,21). The molecule has 1 N–H and O–H groups in total. The number of rotatable bonds is 8. The first-order valence-corrected chi connectivity index (χ1v) is 10.7. The summed E-state index contributed by atoms with van der Waals surface area (Å²) >= 11 is 6.80. The molecule has 0 aliphatic heterocycles. The number of anilines is 1. The SMILES string of the molecule is CCN(CC)S(=O)(=O)c1cccc(NC(=O)COC(=O)c2ccc(Cl)s2)c1. The molecular weight excluding hydrogens is 412 g/mol. The summed E-state index contributed by atoms with van der Waals surface area (Å²) in [5.41, 5.74) is 0.295. The highest BCUT2D eigenvalue weighted by Crippen LogP contribution is 2.22. The molecule has 146 valence electrons. The van der Waals surface area contributed by atoms with E-state index >= 15 is 0 Å². The van der Waals surface area contributed by atoms with Crippen molar-refractivity contribution in [2.24, 2.45) is 0 Å². The van der Waals surface area contributed by atoms with E-state index in [1.54, 1.807) is 26.0 Å². The number of ether oxygens (including phenoxy) is 1. The number of amides is 1. The van der Waals surface area contributed by atoms with Gasteiger partial charge in [-0.25, -0.2) is 13.2 Å². The monoisotopic (exact) mass is 430 g/mol. The molecule has 0 bridgehead atoms. The van der Waals surface area contributed by atoms with Gasteiger partial charge in [0.1, 0.15) is 4.88 Å². The molecule has 0 spiro atoms. The Balaban J connectivity index is 2.01. The molecule has 0 saturated heterocycles. The third-order valence-electron chi connectivity index (χ3n) is 3.57. The van der Waals surface area contributed by atoms with Crippen molar-refractivity contribution in [3.63, 3.8) is 0 Å². The van der Waals surface area contributed by atoms with Gasteiger partial charge in [0.2, 0.25) is 10.0 Å². The first-order chi connectivity index (χ1) is 12.8. The molecule has 2 aromatic rings. The number of hydrogen-bond donors (Lipinski definition) is 1. The van der Waals surface area contributed by atoms with Crippen molar-refractivity contribution in [2.75, 3.05) is 25.0 Å². The molecule has 1 amide bonds. The van der Waals surface area contributed by atoms with Crippen LogP contribution in [0.5, 0.6) is 0 Å². The van der Waals surface area contributed by atoms with Crippen molar-refractivity contribution in [1.82, 2.24) is 4.31 Å². The summed E-state index contributed by atoms with van der Waals surface area (Å²) < 4.78 is 31.8. The van der Waals surface area contributed by atoms with Gasteiger partial charge in [-0.3, -0.25) is 4.79 Å². The van der Waals surface area contributed by atoms with E-state index in [0.29, 0.717) is 28.0 Å². The molecule has 0 fully saturated rings. The molecule has 0 radical (unpaired) electrons. The Morgan fingerprint density at radius 2 is 1.89 bits per heavy atom. The molecule has 10 heteroatoms.